The first-order valence-electron chi connectivity index (χ1n) is 6.52. The van der Waals surface area contributed by atoms with E-state index in [4.69, 9.17) is 25.5 Å². The van der Waals surface area contributed by atoms with Crippen molar-refractivity contribution in [3.05, 3.63) is 65.3 Å². The molecule has 5 nitrogen and oxygen atoms in total. The number of anilines is 1. The zero-order valence-electron chi connectivity index (χ0n) is 11.4. The zero-order chi connectivity index (χ0) is 15.5. The van der Waals surface area contributed by atoms with Gasteiger partial charge in [0.1, 0.15) is 18.1 Å². The molecule has 2 heterocycles. The number of hydrogen-bond acceptors (Lipinski definition) is 4. The summed E-state index contributed by atoms with van der Waals surface area (Å²) in [5, 5.41) is 12.1. The molecule has 0 saturated carbocycles. The molecule has 0 spiro atoms. The first-order valence-corrected chi connectivity index (χ1v) is 6.89. The van der Waals surface area contributed by atoms with Gasteiger partial charge in [0.05, 0.1) is 17.0 Å². The largest absolute Gasteiger partial charge is 0.459 e. The van der Waals surface area contributed by atoms with Gasteiger partial charge in [0.25, 0.3) is 5.91 Å². The number of aliphatic hydroxyl groups excluding tert-OH is 1. The Kier molecular flexibility index (Phi) is 4.00. The van der Waals surface area contributed by atoms with Gasteiger partial charge in [0.15, 0.2) is 5.76 Å². The highest BCUT2D eigenvalue weighted by atomic mass is 35.5. The highest BCUT2D eigenvalue weighted by Gasteiger charge is 2.13. The van der Waals surface area contributed by atoms with E-state index in [2.05, 4.69) is 5.32 Å². The predicted octanol–water partition coefficient (Wildman–Crippen LogP) is 3.94. The second-order valence-electron chi connectivity index (χ2n) is 4.55. The molecule has 0 fully saturated rings. The lowest BCUT2D eigenvalue weighted by Crippen LogP contribution is -2.11. The summed E-state index contributed by atoms with van der Waals surface area (Å²) in [4.78, 5) is 12.0. The van der Waals surface area contributed by atoms with Crippen molar-refractivity contribution in [2.75, 3.05) is 5.32 Å². The van der Waals surface area contributed by atoms with Gasteiger partial charge < -0.3 is 19.3 Å². The van der Waals surface area contributed by atoms with Gasteiger partial charge in [-0.15, -0.1) is 0 Å². The first kappa shape index (κ1) is 14.4. The molecule has 0 bridgehead atoms. The van der Waals surface area contributed by atoms with Crippen LogP contribution in [0.15, 0.2) is 57.6 Å². The molecule has 0 aliphatic rings. The average Bonchev–Trinajstić information content (AvgIpc) is 3.20. The number of furan rings is 2. The maximum absolute atomic E-state index is 12.0. The molecule has 112 valence electrons. The summed E-state index contributed by atoms with van der Waals surface area (Å²) in [5.74, 6) is 0.849. The smallest absolute Gasteiger partial charge is 0.291 e. The Hall–Kier alpha value is -2.50. The van der Waals surface area contributed by atoms with E-state index in [0.717, 1.165) is 5.56 Å². The minimum absolute atomic E-state index is 0.171. The van der Waals surface area contributed by atoms with Gasteiger partial charge >= 0.3 is 0 Å². The Labute approximate surface area is 131 Å². The van der Waals surface area contributed by atoms with Crippen molar-refractivity contribution in [3.63, 3.8) is 0 Å². The van der Waals surface area contributed by atoms with E-state index in [9.17, 15) is 4.79 Å². The third-order valence-electron chi connectivity index (χ3n) is 3.06. The summed E-state index contributed by atoms with van der Waals surface area (Å²) in [5.41, 5.74) is 1.18. The van der Waals surface area contributed by atoms with Crippen molar-refractivity contribution in [3.8, 4) is 11.3 Å². The molecule has 0 unspecified atom stereocenters. The summed E-state index contributed by atoms with van der Waals surface area (Å²) in [6, 6.07) is 11.8. The average molecular weight is 318 g/mol. The molecule has 1 aromatic carbocycles. The van der Waals surface area contributed by atoms with E-state index in [1.54, 1.807) is 42.5 Å². The maximum atomic E-state index is 12.0. The number of carbonyl (C=O) groups excluding carboxylic acids is 1. The third-order valence-corrected chi connectivity index (χ3v) is 3.39. The molecule has 6 heteroatoms. The van der Waals surface area contributed by atoms with Crippen molar-refractivity contribution in [2.45, 2.75) is 6.61 Å². The zero-order valence-corrected chi connectivity index (χ0v) is 12.1. The van der Waals surface area contributed by atoms with Crippen LogP contribution in [-0.4, -0.2) is 11.0 Å². The van der Waals surface area contributed by atoms with Crippen molar-refractivity contribution < 1.29 is 18.7 Å². The van der Waals surface area contributed by atoms with Gasteiger partial charge in [0, 0.05) is 5.56 Å². The first-order chi connectivity index (χ1) is 10.7. The van der Waals surface area contributed by atoms with Crippen molar-refractivity contribution in [2.24, 2.45) is 0 Å². The quantitative estimate of drug-likeness (QED) is 0.764. The van der Waals surface area contributed by atoms with E-state index in [1.165, 1.54) is 6.26 Å². The Morgan fingerprint density at radius 3 is 2.77 bits per heavy atom. The lowest BCUT2D eigenvalue weighted by atomic mass is 10.1. The van der Waals surface area contributed by atoms with Gasteiger partial charge in [-0.3, -0.25) is 4.79 Å². The SMILES string of the molecule is O=C(Nc1cc(-c2ccc(CO)o2)ccc1Cl)c1ccco1. The number of hydrogen-bond donors (Lipinski definition) is 2. The monoisotopic (exact) mass is 317 g/mol. The summed E-state index contributed by atoms with van der Waals surface area (Å²) in [6.07, 6.45) is 1.42. The van der Waals surface area contributed by atoms with Crippen molar-refractivity contribution in [1.82, 2.24) is 0 Å². The summed E-state index contributed by atoms with van der Waals surface area (Å²) in [6.45, 7) is -0.171. The number of amides is 1. The molecule has 22 heavy (non-hydrogen) atoms. The van der Waals surface area contributed by atoms with Crippen molar-refractivity contribution >= 4 is 23.2 Å². The number of rotatable bonds is 4. The molecule has 0 aliphatic heterocycles. The minimum atomic E-state index is -0.389. The fourth-order valence-electron chi connectivity index (χ4n) is 1.98. The maximum Gasteiger partial charge on any atom is 0.291 e. The standard InChI is InChI=1S/C16H12ClNO4/c17-12-5-3-10(14-6-4-11(9-19)22-14)8-13(12)18-16(20)15-2-1-7-21-15/h1-8,19H,9H2,(H,18,20). The second kappa shape index (κ2) is 6.09. The molecule has 3 aromatic rings. The summed E-state index contributed by atoms with van der Waals surface area (Å²) >= 11 is 6.11. The van der Waals surface area contributed by atoms with Crippen LogP contribution in [0.5, 0.6) is 0 Å². The minimum Gasteiger partial charge on any atom is -0.459 e. The van der Waals surface area contributed by atoms with Crippen LogP contribution in [0.4, 0.5) is 5.69 Å². The van der Waals surface area contributed by atoms with Crippen LogP contribution in [0.2, 0.25) is 5.02 Å². The normalized spacial score (nSPS) is 10.6. The van der Waals surface area contributed by atoms with Gasteiger partial charge in [-0.2, -0.15) is 0 Å². The van der Waals surface area contributed by atoms with Crippen molar-refractivity contribution in [1.29, 1.82) is 0 Å². The van der Waals surface area contributed by atoms with E-state index < -0.39 is 0 Å². The fourth-order valence-corrected chi connectivity index (χ4v) is 2.15. The van der Waals surface area contributed by atoms with Crippen LogP contribution in [-0.2, 0) is 6.61 Å². The number of nitrogens with one attached hydrogen (secondary N) is 1. The molecule has 0 saturated heterocycles. The van der Waals surface area contributed by atoms with Crippen LogP contribution >= 0.6 is 11.6 Å². The van der Waals surface area contributed by atoms with E-state index in [-0.39, 0.29) is 18.3 Å². The molecule has 1 amide bonds. The van der Waals surface area contributed by atoms with Gasteiger partial charge in [-0.1, -0.05) is 11.6 Å². The molecular weight excluding hydrogens is 306 g/mol. The number of carbonyl (C=O) groups is 1. The topological polar surface area (TPSA) is 75.6 Å². The lowest BCUT2D eigenvalue weighted by molar-refractivity contribution is 0.0996. The van der Waals surface area contributed by atoms with E-state index in [1.807, 2.05) is 0 Å². The Morgan fingerprint density at radius 2 is 2.09 bits per heavy atom. The van der Waals surface area contributed by atoms with Gasteiger partial charge in [-0.25, -0.2) is 0 Å². The van der Waals surface area contributed by atoms with Gasteiger partial charge in [-0.05, 0) is 42.5 Å². The van der Waals surface area contributed by atoms with E-state index in [0.29, 0.717) is 22.2 Å². The molecule has 0 aliphatic carbocycles. The molecule has 3 rings (SSSR count). The number of aliphatic hydroxyl groups is 1. The molecule has 2 N–H and O–H groups in total. The molecule has 2 aromatic heterocycles. The molecule has 0 radical (unpaired) electrons. The fraction of sp³-hybridized carbons (Fsp3) is 0.0625. The summed E-state index contributed by atoms with van der Waals surface area (Å²) < 4.78 is 10.5. The van der Waals surface area contributed by atoms with Crippen LogP contribution in [0.3, 0.4) is 0 Å². The van der Waals surface area contributed by atoms with E-state index >= 15 is 0 Å². The molecular formula is C16H12ClNO4. The van der Waals surface area contributed by atoms with Crippen LogP contribution in [0.25, 0.3) is 11.3 Å². The van der Waals surface area contributed by atoms with Crippen LogP contribution in [0, 0.1) is 0 Å². The predicted molar refractivity (Wildman–Crippen MR) is 81.7 cm³/mol. The Bertz CT molecular complexity index is 792. The van der Waals surface area contributed by atoms with Gasteiger partial charge in [0.2, 0.25) is 0 Å². The third kappa shape index (κ3) is 2.90. The van der Waals surface area contributed by atoms with Crippen LogP contribution < -0.4 is 5.32 Å². The highest BCUT2D eigenvalue weighted by Crippen LogP contribution is 2.30. The van der Waals surface area contributed by atoms with Crippen LogP contribution in [0.1, 0.15) is 16.3 Å². The lowest BCUT2D eigenvalue weighted by Gasteiger charge is -2.07. The highest BCUT2D eigenvalue weighted by molar-refractivity contribution is 6.34. The molecule has 0 atom stereocenters. The second-order valence-corrected chi connectivity index (χ2v) is 4.96. The Morgan fingerprint density at radius 1 is 1.23 bits per heavy atom. The summed E-state index contributed by atoms with van der Waals surface area (Å²) in [7, 11) is 0. The number of benzene rings is 1. The number of halogens is 1. The Balaban J connectivity index is 1.88.